The van der Waals surface area contributed by atoms with Crippen LogP contribution < -0.4 is 15.8 Å². The van der Waals surface area contributed by atoms with E-state index in [0.717, 1.165) is 17.3 Å². The minimum Gasteiger partial charge on any atom is -0.494 e. The number of methoxy groups -OCH3 is 1. The molecule has 16 heavy (non-hydrogen) atoms. The molecule has 0 bridgehead atoms. The average molecular weight is 218 g/mol. The van der Waals surface area contributed by atoms with Gasteiger partial charge in [0.2, 0.25) is 0 Å². The van der Waals surface area contributed by atoms with Crippen molar-refractivity contribution in [3.05, 3.63) is 30.3 Å². The molecule has 0 atom stereocenters. The number of rotatable bonds is 3. The van der Waals surface area contributed by atoms with E-state index < -0.39 is 0 Å². The molecular weight excluding hydrogens is 204 g/mol. The second-order valence-electron chi connectivity index (χ2n) is 3.29. The topological polar surface area (TPSA) is 65.1 Å². The average Bonchev–Trinajstić information content (AvgIpc) is 2.70. The van der Waals surface area contributed by atoms with Gasteiger partial charge in [0, 0.05) is 13.1 Å². The first kappa shape index (κ1) is 10.4. The highest BCUT2D eigenvalue weighted by atomic mass is 16.5. The summed E-state index contributed by atoms with van der Waals surface area (Å²) in [6, 6.07) is 9.41. The smallest absolute Gasteiger partial charge is 0.148 e. The van der Waals surface area contributed by atoms with Crippen LogP contribution in [0.1, 0.15) is 0 Å². The van der Waals surface area contributed by atoms with Crippen LogP contribution in [-0.4, -0.2) is 23.9 Å². The first-order valence-corrected chi connectivity index (χ1v) is 4.93. The maximum Gasteiger partial charge on any atom is 0.148 e. The molecule has 1 heterocycles. The van der Waals surface area contributed by atoms with Crippen molar-refractivity contribution in [1.82, 2.24) is 9.78 Å². The highest BCUT2D eigenvalue weighted by molar-refractivity contribution is 5.56. The van der Waals surface area contributed by atoms with Gasteiger partial charge in [-0.1, -0.05) is 12.1 Å². The number of nitrogens with two attached hydrogens (primary N) is 1. The third-order valence-electron chi connectivity index (χ3n) is 2.30. The van der Waals surface area contributed by atoms with Crippen LogP contribution in [0.2, 0.25) is 0 Å². The fourth-order valence-electron chi connectivity index (χ4n) is 1.57. The van der Waals surface area contributed by atoms with Crippen LogP contribution in [0.4, 0.5) is 11.6 Å². The number of nitrogen functional groups attached to an aromatic ring is 1. The molecule has 0 aliphatic carbocycles. The van der Waals surface area contributed by atoms with Gasteiger partial charge >= 0.3 is 0 Å². The second-order valence-corrected chi connectivity index (χ2v) is 3.29. The fourth-order valence-corrected chi connectivity index (χ4v) is 1.57. The normalized spacial score (nSPS) is 10.1. The van der Waals surface area contributed by atoms with E-state index in [2.05, 4.69) is 10.4 Å². The molecule has 5 heteroatoms. The van der Waals surface area contributed by atoms with Crippen molar-refractivity contribution >= 4 is 11.6 Å². The molecule has 0 radical (unpaired) electrons. The Morgan fingerprint density at radius 2 is 2.12 bits per heavy atom. The van der Waals surface area contributed by atoms with Crippen molar-refractivity contribution in [3.8, 4) is 11.4 Å². The van der Waals surface area contributed by atoms with Gasteiger partial charge in [0.05, 0.1) is 7.11 Å². The van der Waals surface area contributed by atoms with E-state index in [4.69, 9.17) is 10.5 Å². The molecule has 0 saturated carbocycles. The summed E-state index contributed by atoms with van der Waals surface area (Å²) < 4.78 is 7.00. The summed E-state index contributed by atoms with van der Waals surface area (Å²) in [5.41, 5.74) is 6.52. The van der Waals surface area contributed by atoms with E-state index in [0.29, 0.717) is 5.82 Å². The number of hydrogen-bond donors (Lipinski definition) is 2. The van der Waals surface area contributed by atoms with Gasteiger partial charge in [0.15, 0.2) is 0 Å². The van der Waals surface area contributed by atoms with Gasteiger partial charge in [-0.05, 0) is 12.1 Å². The molecule has 0 amide bonds. The number of nitrogens with one attached hydrogen (secondary N) is 1. The lowest BCUT2D eigenvalue weighted by molar-refractivity contribution is 0.412. The fraction of sp³-hybridized carbons (Fsp3) is 0.182. The Morgan fingerprint density at radius 3 is 2.81 bits per heavy atom. The summed E-state index contributed by atoms with van der Waals surface area (Å²) >= 11 is 0. The predicted octanol–water partition coefficient (Wildman–Crippen LogP) is 1.50. The van der Waals surface area contributed by atoms with Gasteiger partial charge in [0.1, 0.15) is 23.1 Å². The molecule has 0 saturated heterocycles. The van der Waals surface area contributed by atoms with Crippen LogP contribution in [0.5, 0.6) is 5.75 Å². The van der Waals surface area contributed by atoms with E-state index in [1.807, 2.05) is 31.3 Å². The van der Waals surface area contributed by atoms with Gasteiger partial charge in [-0.15, -0.1) is 5.10 Å². The van der Waals surface area contributed by atoms with Crippen molar-refractivity contribution in [2.24, 2.45) is 0 Å². The highest BCUT2D eigenvalue weighted by Gasteiger charge is 2.10. The lowest BCUT2D eigenvalue weighted by Gasteiger charge is -2.10. The third-order valence-corrected chi connectivity index (χ3v) is 2.30. The van der Waals surface area contributed by atoms with E-state index in [-0.39, 0.29) is 0 Å². The summed E-state index contributed by atoms with van der Waals surface area (Å²) in [4.78, 5) is 0. The Bertz CT molecular complexity index is 492. The number of hydrogen-bond acceptors (Lipinski definition) is 4. The van der Waals surface area contributed by atoms with Gasteiger partial charge in [0.25, 0.3) is 0 Å². The largest absolute Gasteiger partial charge is 0.494 e. The predicted molar refractivity (Wildman–Crippen MR) is 64.1 cm³/mol. The summed E-state index contributed by atoms with van der Waals surface area (Å²) in [7, 11) is 3.45. The summed E-state index contributed by atoms with van der Waals surface area (Å²) in [6.45, 7) is 0. The lowest BCUT2D eigenvalue weighted by atomic mass is 10.3. The molecule has 0 aliphatic rings. The molecule has 2 aromatic rings. The maximum absolute atomic E-state index is 5.67. The first-order valence-electron chi connectivity index (χ1n) is 4.93. The molecule has 1 aromatic carbocycles. The van der Waals surface area contributed by atoms with E-state index in [1.165, 1.54) is 0 Å². The maximum atomic E-state index is 5.67. The van der Waals surface area contributed by atoms with Crippen molar-refractivity contribution in [2.45, 2.75) is 0 Å². The number of ether oxygens (including phenoxy) is 1. The zero-order chi connectivity index (χ0) is 11.5. The zero-order valence-corrected chi connectivity index (χ0v) is 9.27. The van der Waals surface area contributed by atoms with Gasteiger partial charge in [-0.3, -0.25) is 0 Å². The molecule has 0 spiro atoms. The standard InChI is InChI=1S/C11H14N4O/c1-13-11-7-10(12)14-15(11)8-5-3-4-6-9(8)16-2/h3-7,13H,1-2H3,(H2,12,14). The molecule has 0 fully saturated rings. The molecule has 5 nitrogen and oxygen atoms in total. The summed E-state index contributed by atoms with van der Waals surface area (Å²) in [6.07, 6.45) is 0. The van der Waals surface area contributed by atoms with E-state index in [9.17, 15) is 0 Å². The van der Waals surface area contributed by atoms with Crippen molar-refractivity contribution in [2.75, 3.05) is 25.2 Å². The molecular formula is C11H14N4O. The van der Waals surface area contributed by atoms with Gasteiger partial charge in [-0.25, -0.2) is 4.68 Å². The number of anilines is 2. The number of para-hydroxylation sites is 2. The molecule has 84 valence electrons. The van der Waals surface area contributed by atoms with Crippen LogP contribution in [0.3, 0.4) is 0 Å². The number of aromatic nitrogens is 2. The van der Waals surface area contributed by atoms with Gasteiger partial charge < -0.3 is 15.8 Å². The molecule has 0 aliphatic heterocycles. The minimum atomic E-state index is 0.468. The van der Waals surface area contributed by atoms with Crippen LogP contribution in [-0.2, 0) is 0 Å². The summed E-state index contributed by atoms with van der Waals surface area (Å²) in [5.74, 6) is 2.04. The van der Waals surface area contributed by atoms with Crippen LogP contribution in [0, 0.1) is 0 Å². The van der Waals surface area contributed by atoms with E-state index in [1.54, 1.807) is 17.9 Å². The van der Waals surface area contributed by atoms with Crippen molar-refractivity contribution < 1.29 is 4.74 Å². The number of benzene rings is 1. The first-order chi connectivity index (χ1) is 7.76. The van der Waals surface area contributed by atoms with Crippen molar-refractivity contribution in [1.29, 1.82) is 0 Å². The zero-order valence-electron chi connectivity index (χ0n) is 9.27. The lowest BCUT2D eigenvalue weighted by Crippen LogP contribution is -2.04. The second kappa shape index (κ2) is 4.14. The van der Waals surface area contributed by atoms with Gasteiger partial charge in [-0.2, -0.15) is 0 Å². The SMILES string of the molecule is CNc1cc(N)nn1-c1ccccc1OC. The Hall–Kier alpha value is -2.17. The van der Waals surface area contributed by atoms with Crippen LogP contribution >= 0.6 is 0 Å². The van der Waals surface area contributed by atoms with E-state index >= 15 is 0 Å². The number of nitrogens with zero attached hydrogens (tertiary/aromatic N) is 2. The summed E-state index contributed by atoms with van der Waals surface area (Å²) in [5, 5.41) is 7.24. The highest BCUT2D eigenvalue weighted by Crippen LogP contribution is 2.25. The molecule has 0 unspecified atom stereocenters. The third kappa shape index (κ3) is 1.67. The molecule has 2 rings (SSSR count). The Morgan fingerprint density at radius 1 is 1.38 bits per heavy atom. The van der Waals surface area contributed by atoms with Crippen LogP contribution in [0.25, 0.3) is 5.69 Å². The Kier molecular flexibility index (Phi) is 2.68. The quantitative estimate of drug-likeness (QED) is 0.819. The molecule has 1 aromatic heterocycles. The minimum absolute atomic E-state index is 0.468. The van der Waals surface area contributed by atoms with Crippen molar-refractivity contribution in [3.63, 3.8) is 0 Å². The molecule has 3 N–H and O–H groups in total. The van der Waals surface area contributed by atoms with Crippen LogP contribution in [0.15, 0.2) is 30.3 Å². The monoisotopic (exact) mass is 218 g/mol. The Balaban J connectivity index is 2.57. The Labute approximate surface area is 93.8 Å².